The van der Waals surface area contributed by atoms with Crippen LogP contribution in [0.4, 0.5) is 10.5 Å². The molecule has 0 unspecified atom stereocenters. The van der Waals surface area contributed by atoms with Crippen LogP contribution in [0.1, 0.15) is 31.2 Å². The molecule has 0 aliphatic carbocycles. The Bertz CT molecular complexity index is 800. The molecule has 1 aromatic rings. The Kier molecular flexibility index (Phi) is 3.71. The van der Waals surface area contributed by atoms with Gasteiger partial charge >= 0.3 is 6.03 Å². The summed E-state index contributed by atoms with van der Waals surface area (Å²) >= 11 is 0. The average Bonchev–Trinajstić information content (AvgIpc) is 3.34. The van der Waals surface area contributed by atoms with E-state index >= 15 is 0 Å². The minimum atomic E-state index is -1.54. The second-order valence-corrected chi connectivity index (χ2v) is 6.99. The van der Waals surface area contributed by atoms with Crippen molar-refractivity contribution in [2.24, 2.45) is 5.73 Å². The SMILES string of the molecule is N=C(c1ccc(N2C(=O)N3CCC[C@]3(C(N)=O)C2=O)cc1)N1CCCC1. The Morgan fingerprint density at radius 3 is 2.27 bits per heavy atom. The highest BCUT2D eigenvalue weighted by Gasteiger charge is 2.63. The van der Waals surface area contributed by atoms with E-state index in [9.17, 15) is 14.4 Å². The number of amides is 4. The third-order valence-corrected chi connectivity index (χ3v) is 5.59. The summed E-state index contributed by atoms with van der Waals surface area (Å²) in [5, 5.41) is 8.29. The number of rotatable bonds is 3. The molecule has 1 aromatic carbocycles. The first-order chi connectivity index (χ1) is 12.5. The Balaban J connectivity index is 1.62. The number of hydrogen-bond donors (Lipinski definition) is 2. The molecule has 3 aliphatic heterocycles. The van der Waals surface area contributed by atoms with Crippen LogP contribution in [0.25, 0.3) is 0 Å². The minimum Gasteiger partial charge on any atom is -0.367 e. The normalized spacial score (nSPS) is 25.2. The number of primary amides is 1. The Labute approximate surface area is 151 Å². The van der Waals surface area contributed by atoms with E-state index in [2.05, 4.69) is 0 Å². The predicted molar refractivity (Wildman–Crippen MR) is 94.8 cm³/mol. The summed E-state index contributed by atoms with van der Waals surface area (Å²) in [4.78, 5) is 41.9. The monoisotopic (exact) mass is 355 g/mol. The molecular weight excluding hydrogens is 334 g/mol. The number of amidine groups is 1. The van der Waals surface area contributed by atoms with Crippen LogP contribution >= 0.6 is 0 Å². The van der Waals surface area contributed by atoms with Crippen molar-refractivity contribution in [1.82, 2.24) is 9.80 Å². The summed E-state index contributed by atoms with van der Waals surface area (Å²) in [6.07, 6.45) is 3.02. The lowest BCUT2D eigenvalue weighted by Crippen LogP contribution is -2.55. The highest BCUT2D eigenvalue weighted by molar-refractivity contribution is 6.31. The van der Waals surface area contributed by atoms with Gasteiger partial charge in [0.2, 0.25) is 5.54 Å². The molecule has 8 heteroatoms. The van der Waals surface area contributed by atoms with E-state index in [1.165, 1.54) is 4.90 Å². The van der Waals surface area contributed by atoms with Gasteiger partial charge in [-0.15, -0.1) is 0 Å². The number of hydrogen-bond acceptors (Lipinski definition) is 4. The molecule has 136 valence electrons. The van der Waals surface area contributed by atoms with Crippen LogP contribution in [0.2, 0.25) is 0 Å². The van der Waals surface area contributed by atoms with E-state index in [0.717, 1.165) is 36.4 Å². The lowest BCUT2D eigenvalue weighted by molar-refractivity contribution is -0.136. The third kappa shape index (κ3) is 2.14. The fourth-order valence-electron chi connectivity index (χ4n) is 4.17. The van der Waals surface area contributed by atoms with Crippen molar-refractivity contribution in [2.45, 2.75) is 31.2 Å². The van der Waals surface area contributed by atoms with E-state index in [1.807, 2.05) is 4.90 Å². The van der Waals surface area contributed by atoms with Gasteiger partial charge in [-0.2, -0.15) is 0 Å². The summed E-state index contributed by atoms with van der Waals surface area (Å²) in [7, 11) is 0. The molecule has 0 bridgehead atoms. The molecule has 0 aromatic heterocycles. The number of fused-ring (bicyclic) bond motifs is 1. The van der Waals surface area contributed by atoms with E-state index in [0.29, 0.717) is 24.5 Å². The van der Waals surface area contributed by atoms with Crippen molar-refractivity contribution in [2.75, 3.05) is 24.5 Å². The first kappa shape index (κ1) is 16.6. The molecule has 8 nitrogen and oxygen atoms in total. The molecule has 3 aliphatic rings. The van der Waals surface area contributed by atoms with Crippen LogP contribution in [0.15, 0.2) is 24.3 Å². The number of nitrogens with zero attached hydrogens (tertiary/aromatic N) is 3. The van der Waals surface area contributed by atoms with Crippen molar-refractivity contribution >= 4 is 29.4 Å². The Hall–Kier alpha value is -2.90. The number of likely N-dealkylation sites (tertiary alicyclic amines) is 1. The molecule has 0 radical (unpaired) electrons. The van der Waals surface area contributed by atoms with Gasteiger partial charge in [-0.3, -0.25) is 15.0 Å². The molecular formula is C18H21N5O3. The quantitative estimate of drug-likeness (QED) is 0.363. The summed E-state index contributed by atoms with van der Waals surface area (Å²) in [5.41, 5.74) is 5.07. The van der Waals surface area contributed by atoms with E-state index < -0.39 is 23.4 Å². The molecule has 3 fully saturated rings. The molecule has 0 spiro atoms. The Morgan fingerprint density at radius 1 is 1.04 bits per heavy atom. The van der Waals surface area contributed by atoms with Crippen LogP contribution in [0.3, 0.4) is 0 Å². The predicted octanol–water partition coefficient (Wildman–Crippen LogP) is 0.894. The topological polar surface area (TPSA) is 111 Å². The Morgan fingerprint density at radius 2 is 1.69 bits per heavy atom. The number of urea groups is 1. The molecule has 4 rings (SSSR count). The third-order valence-electron chi connectivity index (χ3n) is 5.59. The summed E-state index contributed by atoms with van der Waals surface area (Å²) in [6, 6.07) is 6.25. The van der Waals surface area contributed by atoms with Crippen molar-refractivity contribution in [1.29, 1.82) is 5.41 Å². The number of anilines is 1. The molecule has 3 saturated heterocycles. The number of nitrogens with two attached hydrogens (primary N) is 1. The van der Waals surface area contributed by atoms with Gasteiger partial charge in [-0.25, -0.2) is 9.69 Å². The lowest BCUT2D eigenvalue weighted by Gasteiger charge is -2.23. The number of benzene rings is 1. The van der Waals surface area contributed by atoms with Crippen molar-refractivity contribution in [3.8, 4) is 0 Å². The smallest absolute Gasteiger partial charge is 0.332 e. The molecule has 3 N–H and O–H groups in total. The highest BCUT2D eigenvalue weighted by Crippen LogP contribution is 2.39. The second-order valence-electron chi connectivity index (χ2n) is 6.99. The van der Waals surface area contributed by atoms with Crippen molar-refractivity contribution in [3.63, 3.8) is 0 Å². The maximum Gasteiger partial charge on any atom is 0.332 e. The highest BCUT2D eigenvalue weighted by atomic mass is 16.2. The summed E-state index contributed by atoms with van der Waals surface area (Å²) in [5.74, 6) is -0.902. The van der Waals surface area contributed by atoms with Gasteiger partial charge in [0, 0.05) is 25.2 Å². The van der Waals surface area contributed by atoms with E-state index in [1.54, 1.807) is 24.3 Å². The van der Waals surface area contributed by atoms with Gasteiger partial charge in [0.05, 0.1) is 5.69 Å². The van der Waals surface area contributed by atoms with Crippen molar-refractivity contribution < 1.29 is 14.4 Å². The zero-order chi connectivity index (χ0) is 18.5. The van der Waals surface area contributed by atoms with Gasteiger partial charge in [0.15, 0.2) is 0 Å². The maximum atomic E-state index is 12.9. The first-order valence-electron chi connectivity index (χ1n) is 8.87. The maximum absolute atomic E-state index is 12.9. The van der Waals surface area contributed by atoms with Crippen LogP contribution in [0.5, 0.6) is 0 Å². The number of carbonyl (C=O) groups is 3. The van der Waals surface area contributed by atoms with Crippen LogP contribution < -0.4 is 10.6 Å². The van der Waals surface area contributed by atoms with Gasteiger partial charge in [-0.1, -0.05) is 0 Å². The van der Waals surface area contributed by atoms with Gasteiger partial charge in [-0.05, 0) is 49.9 Å². The molecule has 1 atom stereocenters. The van der Waals surface area contributed by atoms with Crippen LogP contribution in [-0.2, 0) is 9.59 Å². The van der Waals surface area contributed by atoms with Crippen molar-refractivity contribution in [3.05, 3.63) is 29.8 Å². The zero-order valence-corrected chi connectivity index (χ0v) is 14.4. The summed E-state index contributed by atoms with van der Waals surface area (Å²) in [6.45, 7) is 2.10. The van der Waals surface area contributed by atoms with Gasteiger partial charge in [0.1, 0.15) is 5.84 Å². The minimum absolute atomic E-state index is 0.265. The zero-order valence-electron chi connectivity index (χ0n) is 14.4. The molecule has 0 saturated carbocycles. The standard InChI is InChI=1S/C18H21N5O3/c19-14(21-9-1-2-10-21)12-4-6-13(7-5-12)23-16(25)18(15(20)24)8-3-11-22(18)17(23)26/h4-7,19H,1-3,8-11H2,(H2,20,24)/t18-/m0/s1. The second kappa shape index (κ2) is 5.82. The largest absolute Gasteiger partial charge is 0.367 e. The van der Waals surface area contributed by atoms with Crippen LogP contribution in [-0.4, -0.2) is 58.7 Å². The van der Waals surface area contributed by atoms with Gasteiger partial charge < -0.3 is 15.5 Å². The van der Waals surface area contributed by atoms with Crippen LogP contribution in [0, 0.1) is 5.41 Å². The van der Waals surface area contributed by atoms with Gasteiger partial charge in [0.25, 0.3) is 11.8 Å². The molecule has 26 heavy (non-hydrogen) atoms. The number of imide groups is 1. The molecule has 3 heterocycles. The first-order valence-corrected chi connectivity index (χ1v) is 8.87. The fourth-order valence-corrected chi connectivity index (χ4v) is 4.17. The molecule has 4 amide bonds. The van der Waals surface area contributed by atoms with E-state index in [-0.39, 0.29) is 6.42 Å². The number of nitrogens with one attached hydrogen (secondary N) is 1. The fraction of sp³-hybridized carbons (Fsp3) is 0.444. The lowest BCUT2D eigenvalue weighted by atomic mass is 9.95. The van der Waals surface area contributed by atoms with E-state index in [4.69, 9.17) is 11.1 Å². The summed E-state index contributed by atoms with van der Waals surface area (Å²) < 4.78 is 0. The number of carbonyl (C=O) groups excluding carboxylic acids is 3. The average molecular weight is 355 g/mol.